The van der Waals surface area contributed by atoms with Gasteiger partial charge in [-0.05, 0) is 18.4 Å². The molecule has 1 heterocycles. The third-order valence-electron chi connectivity index (χ3n) is 2.18. The van der Waals surface area contributed by atoms with Crippen molar-refractivity contribution >= 4 is 46.9 Å². The molecular formula is C12H10Cl2N4S. The average molecular weight is 313 g/mol. The number of thioether (sulfide) groups is 1. The van der Waals surface area contributed by atoms with E-state index in [9.17, 15) is 0 Å². The molecule has 1 N–H and O–H groups in total. The minimum Gasteiger partial charge on any atom is -0.279 e. The zero-order valence-electron chi connectivity index (χ0n) is 9.97. The van der Waals surface area contributed by atoms with E-state index in [2.05, 4.69) is 20.5 Å². The molecule has 0 saturated carbocycles. The van der Waals surface area contributed by atoms with Crippen molar-refractivity contribution in [2.45, 2.75) is 5.16 Å². The summed E-state index contributed by atoms with van der Waals surface area (Å²) in [6.07, 6.45) is 3.36. The Kier molecular flexibility index (Phi) is 5.01. The highest BCUT2D eigenvalue weighted by molar-refractivity contribution is 7.98. The first kappa shape index (κ1) is 14.1. The number of nitrogens with one attached hydrogen (secondary N) is 1. The second-order valence-corrected chi connectivity index (χ2v) is 4.93. The first-order valence-electron chi connectivity index (χ1n) is 5.32. The van der Waals surface area contributed by atoms with E-state index in [0.29, 0.717) is 10.7 Å². The molecule has 1 aromatic carbocycles. The Morgan fingerprint density at radius 3 is 2.37 bits per heavy atom. The zero-order chi connectivity index (χ0) is 13.7. The van der Waals surface area contributed by atoms with Gasteiger partial charge in [-0.15, -0.1) is 0 Å². The lowest BCUT2D eigenvalue weighted by atomic mass is 10.3. The second kappa shape index (κ2) is 6.75. The molecule has 4 nitrogen and oxygen atoms in total. The van der Waals surface area contributed by atoms with Crippen molar-refractivity contribution in [3.05, 3.63) is 46.2 Å². The predicted molar refractivity (Wildman–Crippen MR) is 81.5 cm³/mol. The van der Waals surface area contributed by atoms with Crippen LogP contribution in [-0.4, -0.2) is 22.4 Å². The Hall–Kier alpha value is -1.30. The molecule has 1 aromatic heterocycles. The number of aromatic nitrogens is 2. The Labute approximate surface area is 125 Å². The van der Waals surface area contributed by atoms with Crippen LogP contribution >= 0.6 is 35.0 Å². The van der Waals surface area contributed by atoms with Gasteiger partial charge in [-0.1, -0.05) is 53.2 Å². The van der Waals surface area contributed by atoms with Crippen LogP contribution in [0.4, 0.5) is 5.69 Å². The fourth-order valence-corrected chi connectivity index (χ4v) is 2.23. The molecule has 0 fully saturated rings. The van der Waals surface area contributed by atoms with E-state index in [1.165, 1.54) is 18.0 Å². The average Bonchev–Trinajstić information content (AvgIpc) is 2.42. The van der Waals surface area contributed by atoms with Gasteiger partial charge in [0.2, 0.25) is 0 Å². The number of anilines is 1. The van der Waals surface area contributed by atoms with Crippen LogP contribution in [0.15, 0.2) is 40.6 Å². The second-order valence-electron chi connectivity index (χ2n) is 3.44. The van der Waals surface area contributed by atoms with Crippen LogP contribution in [0.3, 0.4) is 0 Å². The van der Waals surface area contributed by atoms with E-state index < -0.39 is 0 Å². The third-order valence-corrected chi connectivity index (χ3v) is 3.30. The highest BCUT2D eigenvalue weighted by Crippen LogP contribution is 2.22. The monoisotopic (exact) mass is 312 g/mol. The van der Waals surface area contributed by atoms with Gasteiger partial charge in [0.1, 0.15) is 10.3 Å². The van der Waals surface area contributed by atoms with Crippen molar-refractivity contribution in [3.8, 4) is 0 Å². The van der Waals surface area contributed by atoms with E-state index in [1.807, 2.05) is 36.6 Å². The highest BCUT2D eigenvalue weighted by Gasteiger charge is 2.09. The summed E-state index contributed by atoms with van der Waals surface area (Å²) in [4.78, 5) is 8.18. The number of halogens is 2. The van der Waals surface area contributed by atoms with E-state index >= 15 is 0 Å². The van der Waals surface area contributed by atoms with E-state index in [4.69, 9.17) is 23.2 Å². The molecule has 0 aliphatic heterocycles. The standard InChI is InChI=1S/C12H10Cl2N4S/c1-19-12-16-10(13)9(11(14)17-12)7-15-18-8-5-3-2-4-6-8/h2-7,18H,1H3/b15-7+. The van der Waals surface area contributed by atoms with Crippen LogP contribution < -0.4 is 5.43 Å². The first-order chi connectivity index (χ1) is 9.20. The quantitative estimate of drug-likeness (QED) is 0.305. The number of hydrazone groups is 1. The normalized spacial score (nSPS) is 10.9. The molecule has 2 rings (SSSR count). The van der Waals surface area contributed by atoms with Gasteiger partial charge in [0.05, 0.1) is 17.5 Å². The maximum Gasteiger partial charge on any atom is 0.190 e. The van der Waals surface area contributed by atoms with Gasteiger partial charge in [0.15, 0.2) is 5.16 Å². The third kappa shape index (κ3) is 3.83. The smallest absolute Gasteiger partial charge is 0.190 e. The van der Waals surface area contributed by atoms with Crippen LogP contribution in [0, 0.1) is 0 Å². The predicted octanol–water partition coefficient (Wildman–Crippen LogP) is 3.95. The molecular weight excluding hydrogens is 303 g/mol. The maximum atomic E-state index is 6.03. The van der Waals surface area contributed by atoms with Crippen LogP contribution in [0.25, 0.3) is 0 Å². The largest absolute Gasteiger partial charge is 0.279 e. The lowest BCUT2D eigenvalue weighted by Crippen LogP contribution is -1.97. The molecule has 0 bridgehead atoms. The SMILES string of the molecule is CSc1nc(Cl)c(/C=N/Nc2ccccc2)c(Cl)n1. The van der Waals surface area contributed by atoms with Gasteiger partial charge in [-0.2, -0.15) is 5.10 Å². The van der Waals surface area contributed by atoms with Crippen LogP contribution in [-0.2, 0) is 0 Å². The number of hydrogen-bond acceptors (Lipinski definition) is 5. The van der Waals surface area contributed by atoms with Crippen LogP contribution in [0.2, 0.25) is 10.3 Å². The van der Waals surface area contributed by atoms with Crippen molar-refractivity contribution in [1.29, 1.82) is 0 Å². The summed E-state index contributed by atoms with van der Waals surface area (Å²) in [5.74, 6) is 0. The van der Waals surface area contributed by atoms with Crippen molar-refractivity contribution in [2.75, 3.05) is 11.7 Å². The molecule has 0 aliphatic rings. The zero-order valence-corrected chi connectivity index (χ0v) is 12.3. The topological polar surface area (TPSA) is 50.2 Å². The summed E-state index contributed by atoms with van der Waals surface area (Å²) >= 11 is 13.4. The molecule has 0 amide bonds. The van der Waals surface area contributed by atoms with Gasteiger partial charge in [0.25, 0.3) is 0 Å². The van der Waals surface area contributed by atoms with E-state index in [1.54, 1.807) is 0 Å². The van der Waals surface area contributed by atoms with Gasteiger partial charge < -0.3 is 0 Å². The van der Waals surface area contributed by atoms with Crippen molar-refractivity contribution in [3.63, 3.8) is 0 Å². The number of para-hydroxylation sites is 1. The molecule has 0 saturated heterocycles. The van der Waals surface area contributed by atoms with Gasteiger partial charge in [-0.25, -0.2) is 9.97 Å². The van der Waals surface area contributed by atoms with E-state index in [-0.39, 0.29) is 10.3 Å². The summed E-state index contributed by atoms with van der Waals surface area (Å²) < 4.78 is 0. The summed E-state index contributed by atoms with van der Waals surface area (Å²) in [6.45, 7) is 0. The Balaban J connectivity index is 2.15. The molecule has 0 spiro atoms. The summed E-state index contributed by atoms with van der Waals surface area (Å²) in [7, 11) is 0. The van der Waals surface area contributed by atoms with Crippen molar-refractivity contribution in [1.82, 2.24) is 9.97 Å². The van der Waals surface area contributed by atoms with Gasteiger partial charge >= 0.3 is 0 Å². The Morgan fingerprint density at radius 2 is 1.79 bits per heavy atom. The van der Waals surface area contributed by atoms with E-state index in [0.717, 1.165) is 5.69 Å². The number of benzene rings is 1. The Bertz CT molecular complexity index is 567. The lowest BCUT2D eigenvalue weighted by Gasteiger charge is -2.03. The first-order valence-corrected chi connectivity index (χ1v) is 7.30. The molecule has 98 valence electrons. The fraction of sp³-hybridized carbons (Fsp3) is 0.0833. The number of nitrogens with zero attached hydrogens (tertiary/aromatic N) is 3. The summed E-state index contributed by atoms with van der Waals surface area (Å²) in [5, 5.41) is 5.15. The lowest BCUT2D eigenvalue weighted by molar-refractivity contribution is 0.968. The Morgan fingerprint density at radius 1 is 1.16 bits per heavy atom. The molecule has 7 heteroatoms. The minimum absolute atomic E-state index is 0.281. The molecule has 19 heavy (non-hydrogen) atoms. The molecule has 0 atom stereocenters. The summed E-state index contributed by atoms with van der Waals surface area (Å²) in [6, 6.07) is 9.54. The van der Waals surface area contributed by atoms with Gasteiger partial charge in [-0.3, -0.25) is 5.43 Å². The molecule has 0 unspecified atom stereocenters. The van der Waals surface area contributed by atoms with Crippen molar-refractivity contribution in [2.24, 2.45) is 5.10 Å². The number of hydrogen-bond donors (Lipinski definition) is 1. The molecule has 0 radical (unpaired) electrons. The molecule has 2 aromatic rings. The van der Waals surface area contributed by atoms with Crippen LogP contribution in [0.1, 0.15) is 5.56 Å². The van der Waals surface area contributed by atoms with Crippen molar-refractivity contribution < 1.29 is 0 Å². The summed E-state index contributed by atoms with van der Waals surface area (Å²) in [5.41, 5.74) is 4.23. The van der Waals surface area contributed by atoms with Gasteiger partial charge in [0, 0.05) is 0 Å². The minimum atomic E-state index is 0.281. The maximum absolute atomic E-state index is 6.03. The molecule has 0 aliphatic carbocycles. The van der Waals surface area contributed by atoms with Crippen LogP contribution in [0.5, 0.6) is 0 Å². The highest BCUT2D eigenvalue weighted by atomic mass is 35.5. The number of rotatable bonds is 4. The fourth-order valence-electron chi connectivity index (χ4n) is 1.28.